The second-order valence-electron chi connectivity index (χ2n) is 5.92. The van der Waals surface area contributed by atoms with Gasteiger partial charge in [0, 0.05) is 22.9 Å². The number of methoxy groups -OCH3 is 1. The standard InChI is InChI=1S/C20H14BF2NO3/c1-10-14(22)7-8-15(23)16(10)17-13(20(26)27-2)9-24-18(17)19(25)11-3-5-12(21)6-4-11/h3-9,24H,1-2H3. The van der Waals surface area contributed by atoms with E-state index in [0.717, 1.165) is 19.2 Å². The molecule has 0 saturated heterocycles. The van der Waals surface area contributed by atoms with Gasteiger partial charge in [-0.3, -0.25) is 4.79 Å². The van der Waals surface area contributed by atoms with E-state index in [2.05, 4.69) is 4.98 Å². The fraction of sp³-hybridized carbons (Fsp3) is 0.100. The van der Waals surface area contributed by atoms with Crippen LogP contribution in [0.1, 0.15) is 32.0 Å². The summed E-state index contributed by atoms with van der Waals surface area (Å²) in [6, 6.07) is 8.04. The van der Waals surface area contributed by atoms with Gasteiger partial charge >= 0.3 is 5.97 Å². The summed E-state index contributed by atoms with van der Waals surface area (Å²) in [5, 5.41) is 0. The minimum atomic E-state index is -0.777. The molecule has 27 heavy (non-hydrogen) atoms. The Bertz CT molecular complexity index is 1040. The van der Waals surface area contributed by atoms with Gasteiger partial charge in [0.2, 0.25) is 5.78 Å². The molecule has 0 aliphatic rings. The van der Waals surface area contributed by atoms with E-state index in [-0.39, 0.29) is 33.5 Å². The number of esters is 1. The highest BCUT2D eigenvalue weighted by atomic mass is 19.1. The lowest BCUT2D eigenvalue weighted by atomic mass is 9.91. The molecule has 0 fully saturated rings. The highest BCUT2D eigenvalue weighted by Gasteiger charge is 2.28. The zero-order valence-corrected chi connectivity index (χ0v) is 14.6. The van der Waals surface area contributed by atoms with Crippen LogP contribution in [-0.4, -0.2) is 31.7 Å². The predicted octanol–water partition coefficient (Wildman–Crippen LogP) is 3.08. The minimum absolute atomic E-state index is 0.0221. The molecule has 0 saturated carbocycles. The minimum Gasteiger partial charge on any atom is -0.465 e. The van der Waals surface area contributed by atoms with Crippen LogP contribution in [0.3, 0.4) is 0 Å². The molecule has 134 valence electrons. The lowest BCUT2D eigenvalue weighted by Crippen LogP contribution is -2.09. The number of rotatable bonds is 4. The first kappa shape index (κ1) is 18.6. The van der Waals surface area contributed by atoms with Gasteiger partial charge in [-0.15, -0.1) is 0 Å². The van der Waals surface area contributed by atoms with Crippen molar-refractivity contribution in [2.45, 2.75) is 6.92 Å². The number of hydrogen-bond acceptors (Lipinski definition) is 3. The van der Waals surface area contributed by atoms with Crippen LogP contribution in [0.2, 0.25) is 0 Å². The Kier molecular flexibility index (Phi) is 4.94. The normalized spacial score (nSPS) is 10.7. The number of aromatic amines is 1. The van der Waals surface area contributed by atoms with Crippen LogP contribution in [0.25, 0.3) is 11.1 Å². The van der Waals surface area contributed by atoms with Crippen LogP contribution in [0.4, 0.5) is 8.78 Å². The van der Waals surface area contributed by atoms with Crippen LogP contribution in [0.15, 0.2) is 42.6 Å². The summed E-state index contributed by atoms with van der Waals surface area (Å²) in [5.41, 5.74) is 0.398. The van der Waals surface area contributed by atoms with Crippen molar-refractivity contribution in [3.8, 4) is 11.1 Å². The third-order valence-corrected chi connectivity index (χ3v) is 4.28. The van der Waals surface area contributed by atoms with E-state index in [1.54, 1.807) is 12.1 Å². The maximum absolute atomic E-state index is 14.6. The predicted molar refractivity (Wildman–Crippen MR) is 97.5 cm³/mol. The number of carbonyl (C=O) groups excluding carboxylic acids is 2. The third-order valence-electron chi connectivity index (χ3n) is 4.28. The van der Waals surface area contributed by atoms with Gasteiger partial charge in [0.05, 0.1) is 18.4 Å². The fourth-order valence-electron chi connectivity index (χ4n) is 2.87. The zero-order chi connectivity index (χ0) is 19.7. The van der Waals surface area contributed by atoms with Crippen molar-refractivity contribution >= 4 is 25.1 Å². The Morgan fingerprint density at radius 1 is 1.00 bits per heavy atom. The molecule has 3 rings (SSSR count). The van der Waals surface area contributed by atoms with Crippen LogP contribution in [-0.2, 0) is 4.74 Å². The number of benzene rings is 2. The van der Waals surface area contributed by atoms with E-state index in [1.165, 1.54) is 25.3 Å². The molecule has 0 amide bonds. The Hall–Kier alpha value is -3.22. The molecule has 1 heterocycles. The van der Waals surface area contributed by atoms with Gasteiger partial charge < -0.3 is 9.72 Å². The van der Waals surface area contributed by atoms with Crippen molar-refractivity contribution in [2.24, 2.45) is 0 Å². The first-order chi connectivity index (χ1) is 12.8. The number of ketones is 1. The van der Waals surface area contributed by atoms with Gasteiger partial charge in [-0.05, 0) is 24.6 Å². The molecular formula is C20H14BF2NO3. The van der Waals surface area contributed by atoms with Gasteiger partial charge in [-0.1, -0.05) is 29.7 Å². The monoisotopic (exact) mass is 365 g/mol. The summed E-state index contributed by atoms with van der Waals surface area (Å²) in [5.74, 6) is -2.69. The topological polar surface area (TPSA) is 59.2 Å². The molecule has 2 radical (unpaired) electrons. The van der Waals surface area contributed by atoms with Crippen molar-refractivity contribution in [1.82, 2.24) is 4.98 Å². The highest BCUT2D eigenvalue weighted by molar-refractivity contribution is 6.32. The second-order valence-corrected chi connectivity index (χ2v) is 5.92. The smallest absolute Gasteiger partial charge is 0.340 e. The van der Waals surface area contributed by atoms with Crippen molar-refractivity contribution in [2.75, 3.05) is 7.11 Å². The Balaban J connectivity index is 2.27. The first-order valence-corrected chi connectivity index (χ1v) is 8.00. The van der Waals surface area contributed by atoms with E-state index >= 15 is 0 Å². The molecule has 2 aromatic carbocycles. The number of halogens is 2. The van der Waals surface area contributed by atoms with E-state index in [0.29, 0.717) is 5.46 Å². The average Bonchev–Trinajstić information content (AvgIpc) is 3.09. The first-order valence-electron chi connectivity index (χ1n) is 8.00. The molecule has 0 aliphatic heterocycles. The van der Waals surface area contributed by atoms with E-state index in [4.69, 9.17) is 12.6 Å². The van der Waals surface area contributed by atoms with Gasteiger partial charge in [-0.25, -0.2) is 13.6 Å². The van der Waals surface area contributed by atoms with Crippen molar-refractivity contribution in [1.29, 1.82) is 0 Å². The number of hydrogen-bond donors (Lipinski definition) is 1. The summed E-state index contributed by atoms with van der Waals surface area (Å²) in [4.78, 5) is 27.8. The molecule has 3 aromatic rings. The van der Waals surface area contributed by atoms with Crippen LogP contribution < -0.4 is 5.46 Å². The molecule has 1 aromatic heterocycles. The van der Waals surface area contributed by atoms with Crippen molar-refractivity contribution < 1.29 is 23.1 Å². The molecule has 0 bridgehead atoms. The third kappa shape index (κ3) is 3.28. The second kappa shape index (κ2) is 7.19. The largest absolute Gasteiger partial charge is 0.465 e. The van der Waals surface area contributed by atoms with Crippen LogP contribution in [0.5, 0.6) is 0 Å². The summed E-state index contributed by atoms with van der Waals surface area (Å²) < 4.78 is 33.4. The van der Waals surface area contributed by atoms with Gasteiger partial charge in [-0.2, -0.15) is 0 Å². The molecule has 0 atom stereocenters. The highest BCUT2D eigenvalue weighted by Crippen LogP contribution is 2.35. The van der Waals surface area contributed by atoms with Gasteiger partial charge in [0.15, 0.2) is 0 Å². The molecule has 0 aliphatic carbocycles. The molecular weight excluding hydrogens is 351 g/mol. The maximum Gasteiger partial charge on any atom is 0.340 e. The molecule has 0 spiro atoms. The van der Waals surface area contributed by atoms with Crippen molar-refractivity contribution in [3.05, 3.63) is 76.6 Å². The average molecular weight is 365 g/mol. The Morgan fingerprint density at radius 3 is 2.26 bits per heavy atom. The Labute approximate surface area is 155 Å². The molecule has 1 N–H and O–H groups in total. The van der Waals surface area contributed by atoms with E-state index in [9.17, 15) is 18.4 Å². The number of ether oxygens (including phenoxy) is 1. The molecule has 7 heteroatoms. The zero-order valence-electron chi connectivity index (χ0n) is 14.6. The number of aromatic nitrogens is 1. The van der Waals surface area contributed by atoms with Gasteiger partial charge in [0.1, 0.15) is 19.5 Å². The van der Waals surface area contributed by atoms with Gasteiger partial charge in [0.25, 0.3) is 0 Å². The summed E-state index contributed by atoms with van der Waals surface area (Å²) >= 11 is 0. The maximum atomic E-state index is 14.6. The van der Waals surface area contributed by atoms with Crippen LogP contribution in [0, 0.1) is 18.6 Å². The summed E-state index contributed by atoms with van der Waals surface area (Å²) in [6.45, 7) is 1.37. The number of H-pyrrole nitrogens is 1. The summed E-state index contributed by atoms with van der Waals surface area (Å²) in [7, 11) is 6.80. The van der Waals surface area contributed by atoms with Crippen LogP contribution >= 0.6 is 0 Å². The van der Waals surface area contributed by atoms with Crippen molar-refractivity contribution in [3.63, 3.8) is 0 Å². The number of nitrogens with one attached hydrogen (secondary N) is 1. The summed E-state index contributed by atoms with van der Waals surface area (Å²) in [6.07, 6.45) is 1.25. The Morgan fingerprint density at radius 2 is 1.63 bits per heavy atom. The quantitative estimate of drug-likeness (QED) is 0.439. The lowest BCUT2D eigenvalue weighted by molar-refractivity contribution is 0.0601. The SMILES string of the molecule is [B]c1ccc(C(=O)c2[nH]cc(C(=O)OC)c2-c2c(F)ccc(F)c2C)cc1. The van der Waals surface area contributed by atoms with E-state index < -0.39 is 23.4 Å². The number of carbonyl (C=O) groups is 2. The molecule has 4 nitrogen and oxygen atoms in total. The molecule has 0 unspecified atom stereocenters. The lowest BCUT2D eigenvalue weighted by Gasteiger charge is -2.12. The van der Waals surface area contributed by atoms with E-state index in [1.807, 2.05) is 0 Å². The fourth-order valence-corrected chi connectivity index (χ4v) is 2.87.